The zero-order chi connectivity index (χ0) is 15.6. The summed E-state index contributed by atoms with van der Waals surface area (Å²) in [5.41, 5.74) is 5.60. The Hall–Kier alpha value is -2.68. The second kappa shape index (κ2) is 5.37. The normalized spacial score (nSPS) is 11.1. The minimum Gasteiger partial charge on any atom is -0.397 e. The molecule has 0 radical (unpaired) electrons. The van der Waals surface area contributed by atoms with Gasteiger partial charge in [-0.15, -0.1) is 0 Å². The number of nitrogens with two attached hydrogens (primary N) is 1. The minimum atomic E-state index is -3.91. The van der Waals surface area contributed by atoms with Crippen molar-refractivity contribution in [1.29, 1.82) is 0 Å². The van der Waals surface area contributed by atoms with Gasteiger partial charge in [0.15, 0.2) is 0 Å². The van der Waals surface area contributed by atoms with Gasteiger partial charge in [-0.2, -0.15) is 0 Å². The third-order valence-electron chi connectivity index (χ3n) is 2.87. The molecule has 1 heterocycles. The highest BCUT2D eigenvalue weighted by Gasteiger charge is 2.25. The van der Waals surface area contributed by atoms with E-state index in [1.54, 1.807) is 0 Å². The van der Waals surface area contributed by atoms with E-state index in [9.17, 15) is 18.5 Å². The number of nitro benzene ring substituents is 1. The Balaban J connectivity index is 2.47. The topological polar surface area (TPSA) is 119 Å². The Kier molecular flexibility index (Phi) is 3.76. The maximum Gasteiger partial charge on any atom is 0.271 e. The van der Waals surface area contributed by atoms with Gasteiger partial charge in [-0.25, -0.2) is 8.42 Å². The SMILES string of the molecule is CN(c1ccncc1)S(=O)(=O)c1ccc([N+](=O)[O-])cc1N. The molecule has 2 N–H and O–H groups in total. The number of nitrogen functional groups attached to an aromatic ring is 1. The average molecular weight is 308 g/mol. The van der Waals surface area contributed by atoms with Crippen LogP contribution in [0, 0.1) is 10.1 Å². The number of aromatic nitrogens is 1. The third kappa shape index (κ3) is 2.77. The van der Waals surface area contributed by atoms with E-state index >= 15 is 0 Å². The van der Waals surface area contributed by atoms with Gasteiger partial charge in [-0.1, -0.05) is 0 Å². The van der Waals surface area contributed by atoms with Crippen molar-refractivity contribution >= 4 is 27.1 Å². The molecule has 110 valence electrons. The number of sulfonamides is 1. The predicted octanol–water partition coefficient (Wildman–Crippen LogP) is 1.40. The first kappa shape index (κ1) is 14.7. The zero-order valence-corrected chi connectivity index (χ0v) is 11.8. The van der Waals surface area contributed by atoms with Gasteiger partial charge in [0.05, 0.1) is 16.3 Å². The summed E-state index contributed by atoms with van der Waals surface area (Å²) in [6, 6.07) is 6.30. The summed E-state index contributed by atoms with van der Waals surface area (Å²) in [5, 5.41) is 10.7. The molecule has 0 saturated heterocycles. The van der Waals surface area contributed by atoms with E-state index in [1.807, 2.05) is 0 Å². The van der Waals surface area contributed by atoms with Crippen LogP contribution in [0.1, 0.15) is 0 Å². The molecule has 0 aliphatic heterocycles. The maximum atomic E-state index is 12.5. The van der Waals surface area contributed by atoms with Crippen LogP contribution in [0.4, 0.5) is 17.1 Å². The van der Waals surface area contributed by atoms with Gasteiger partial charge < -0.3 is 5.73 Å². The second-order valence-electron chi connectivity index (χ2n) is 4.16. The van der Waals surface area contributed by atoms with Gasteiger partial charge in [-0.05, 0) is 18.2 Å². The summed E-state index contributed by atoms with van der Waals surface area (Å²) in [6.07, 6.45) is 2.92. The maximum absolute atomic E-state index is 12.5. The van der Waals surface area contributed by atoms with Crippen LogP contribution in [0.2, 0.25) is 0 Å². The molecule has 2 aromatic rings. The van der Waals surface area contributed by atoms with Crippen molar-refractivity contribution in [2.75, 3.05) is 17.1 Å². The molecule has 1 aromatic carbocycles. The lowest BCUT2D eigenvalue weighted by Crippen LogP contribution is -2.27. The van der Waals surface area contributed by atoms with E-state index in [0.717, 1.165) is 22.5 Å². The molecule has 9 heteroatoms. The fourth-order valence-electron chi connectivity index (χ4n) is 1.72. The third-order valence-corrected chi connectivity index (χ3v) is 4.73. The number of pyridine rings is 1. The van der Waals surface area contributed by atoms with Crippen molar-refractivity contribution in [3.8, 4) is 0 Å². The fourth-order valence-corrected chi connectivity index (χ4v) is 3.02. The van der Waals surface area contributed by atoms with Crippen LogP contribution < -0.4 is 10.0 Å². The lowest BCUT2D eigenvalue weighted by atomic mass is 10.3. The first-order valence-electron chi connectivity index (χ1n) is 5.77. The largest absolute Gasteiger partial charge is 0.397 e. The van der Waals surface area contributed by atoms with Crippen molar-refractivity contribution in [3.05, 3.63) is 52.8 Å². The summed E-state index contributed by atoms with van der Waals surface area (Å²) >= 11 is 0. The number of non-ortho nitro benzene ring substituents is 1. The van der Waals surface area contributed by atoms with Gasteiger partial charge >= 0.3 is 0 Å². The number of anilines is 2. The molecule has 0 saturated carbocycles. The molecule has 21 heavy (non-hydrogen) atoms. The van der Waals surface area contributed by atoms with E-state index in [0.29, 0.717) is 5.69 Å². The number of nitro groups is 1. The Labute approximate surface area is 121 Å². The first-order valence-corrected chi connectivity index (χ1v) is 7.21. The van der Waals surface area contributed by atoms with Crippen LogP contribution in [0.15, 0.2) is 47.6 Å². The standard InChI is InChI=1S/C12H12N4O4S/c1-15(9-4-6-14-7-5-9)21(19,20)12-3-2-10(16(17)18)8-11(12)13/h2-8H,13H2,1H3. The predicted molar refractivity (Wildman–Crippen MR) is 77.3 cm³/mol. The van der Waals surface area contributed by atoms with Gasteiger partial charge in [0.25, 0.3) is 15.7 Å². The molecule has 0 unspecified atom stereocenters. The van der Waals surface area contributed by atoms with Gasteiger partial charge in [0.1, 0.15) is 4.90 Å². The van der Waals surface area contributed by atoms with Crippen LogP contribution >= 0.6 is 0 Å². The smallest absolute Gasteiger partial charge is 0.271 e. The highest BCUT2D eigenvalue weighted by molar-refractivity contribution is 7.93. The van der Waals surface area contributed by atoms with Gasteiger partial charge in [0, 0.05) is 31.6 Å². The summed E-state index contributed by atoms with van der Waals surface area (Å²) in [6.45, 7) is 0. The summed E-state index contributed by atoms with van der Waals surface area (Å²) < 4.78 is 26.0. The number of rotatable bonds is 4. The zero-order valence-electron chi connectivity index (χ0n) is 11.0. The summed E-state index contributed by atoms with van der Waals surface area (Å²) in [7, 11) is -2.54. The summed E-state index contributed by atoms with van der Waals surface area (Å²) in [4.78, 5) is 13.6. The van der Waals surface area contributed by atoms with Crippen LogP contribution in [0.5, 0.6) is 0 Å². The number of hydrogen-bond acceptors (Lipinski definition) is 6. The number of benzene rings is 1. The van der Waals surface area contributed by atoms with E-state index in [-0.39, 0.29) is 16.3 Å². The number of hydrogen-bond donors (Lipinski definition) is 1. The quantitative estimate of drug-likeness (QED) is 0.518. The molecular formula is C12H12N4O4S. The Morgan fingerprint density at radius 1 is 1.24 bits per heavy atom. The van der Waals surface area contributed by atoms with E-state index in [2.05, 4.69) is 4.98 Å². The van der Waals surface area contributed by atoms with Crippen molar-refractivity contribution in [2.45, 2.75) is 4.90 Å². The molecule has 0 fully saturated rings. The van der Waals surface area contributed by atoms with Gasteiger partial charge in [-0.3, -0.25) is 19.4 Å². The molecule has 8 nitrogen and oxygen atoms in total. The molecule has 0 spiro atoms. The summed E-state index contributed by atoms with van der Waals surface area (Å²) in [5.74, 6) is 0. The lowest BCUT2D eigenvalue weighted by molar-refractivity contribution is -0.384. The molecular weight excluding hydrogens is 296 g/mol. The Morgan fingerprint density at radius 2 is 1.86 bits per heavy atom. The lowest BCUT2D eigenvalue weighted by Gasteiger charge is -2.20. The molecule has 2 rings (SSSR count). The van der Waals surface area contributed by atoms with E-state index < -0.39 is 14.9 Å². The van der Waals surface area contributed by atoms with Crippen LogP contribution in [0.25, 0.3) is 0 Å². The fraction of sp³-hybridized carbons (Fsp3) is 0.0833. The molecule has 0 aliphatic carbocycles. The van der Waals surface area contributed by atoms with Crippen LogP contribution in [-0.2, 0) is 10.0 Å². The van der Waals surface area contributed by atoms with Crippen molar-refractivity contribution < 1.29 is 13.3 Å². The monoisotopic (exact) mass is 308 g/mol. The van der Waals surface area contributed by atoms with Gasteiger partial charge in [0.2, 0.25) is 0 Å². The van der Waals surface area contributed by atoms with Crippen molar-refractivity contribution in [3.63, 3.8) is 0 Å². The molecule has 0 atom stereocenters. The highest BCUT2D eigenvalue weighted by atomic mass is 32.2. The Morgan fingerprint density at radius 3 is 2.38 bits per heavy atom. The van der Waals surface area contributed by atoms with Crippen LogP contribution in [-0.4, -0.2) is 25.4 Å². The van der Waals surface area contributed by atoms with E-state index in [4.69, 9.17) is 5.73 Å². The van der Waals surface area contributed by atoms with Crippen molar-refractivity contribution in [1.82, 2.24) is 4.98 Å². The molecule has 0 bridgehead atoms. The van der Waals surface area contributed by atoms with E-state index in [1.165, 1.54) is 31.6 Å². The Bertz CT molecular complexity index is 777. The molecule has 0 aliphatic rings. The second-order valence-corrected chi connectivity index (χ2v) is 6.09. The first-order chi connectivity index (χ1) is 9.84. The molecule has 1 aromatic heterocycles. The molecule has 0 amide bonds. The number of nitrogens with zero attached hydrogens (tertiary/aromatic N) is 3. The average Bonchev–Trinajstić information content (AvgIpc) is 2.46. The van der Waals surface area contributed by atoms with Crippen LogP contribution in [0.3, 0.4) is 0 Å². The minimum absolute atomic E-state index is 0.176. The highest BCUT2D eigenvalue weighted by Crippen LogP contribution is 2.28. The van der Waals surface area contributed by atoms with Crippen molar-refractivity contribution in [2.24, 2.45) is 0 Å².